The average Bonchev–Trinajstić information content (AvgIpc) is 3.17. The summed E-state index contributed by atoms with van der Waals surface area (Å²) in [6.07, 6.45) is -0.369. The number of methoxy groups -OCH3 is 1. The van der Waals surface area contributed by atoms with Crippen molar-refractivity contribution >= 4 is 52.4 Å². The lowest BCUT2D eigenvalue weighted by molar-refractivity contribution is -0.124. The first-order valence-electron chi connectivity index (χ1n) is 12.2. The Morgan fingerprint density at radius 3 is 2.33 bits per heavy atom. The molecule has 0 radical (unpaired) electrons. The summed E-state index contributed by atoms with van der Waals surface area (Å²) in [5, 5.41) is 3.70. The number of thiocarbonyl (C=S) groups is 1. The van der Waals surface area contributed by atoms with Crippen LogP contribution in [0.25, 0.3) is 0 Å². The molecule has 40 heavy (non-hydrogen) atoms. The third-order valence-electron chi connectivity index (χ3n) is 5.91. The number of carbonyl (C=O) groups is 4. The van der Waals surface area contributed by atoms with E-state index >= 15 is 0 Å². The van der Waals surface area contributed by atoms with E-state index < -0.39 is 35.5 Å². The van der Waals surface area contributed by atoms with Gasteiger partial charge in [0.25, 0.3) is 11.8 Å². The van der Waals surface area contributed by atoms with E-state index in [1.807, 2.05) is 0 Å². The summed E-state index contributed by atoms with van der Waals surface area (Å²) in [5.74, 6) is -2.37. The molecule has 3 amide bonds. The van der Waals surface area contributed by atoms with Gasteiger partial charge in [0.05, 0.1) is 31.4 Å². The first kappa shape index (κ1) is 28.2. The minimum Gasteiger partial charge on any atom is -0.497 e. The number of benzene rings is 3. The normalized spacial score (nSPS) is 14.6. The molecule has 1 heterocycles. The maximum Gasteiger partial charge on any atom is 0.338 e. The number of hydrogen-bond donors (Lipinski definition) is 2. The molecule has 1 fully saturated rings. The molecule has 0 spiro atoms. The molecule has 1 atom stereocenters. The topological polar surface area (TPSA) is 117 Å². The third-order valence-corrected chi connectivity index (χ3v) is 6.29. The summed E-state index contributed by atoms with van der Waals surface area (Å²) >= 11 is 5.53. The highest BCUT2D eigenvalue weighted by Crippen LogP contribution is 2.27. The number of ether oxygens (including phenoxy) is 2. The minimum atomic E-state index is -1.21. The summed E-state index contributed by atoms with van der Waals surface area (Å²) in [7, 11) is 1.52. The molecule has 10 nitrogen and oxygen atoms in total. The van der Waals surface area contributed by atoms with Gasteiger partial charge in [0.15, 0.2) is 0 Å². The van der Waals surface area contributed by atoms with Crippen LogP contribution in [0, 0.1) is 5.82 Å². The predicted octanol–water partition coefficient (Wildman–Crippen LogP) is 3.69. The SMILES string of the molecule is CCOC(=O)c1ccc(N2C(=O)[C@H](CC(=O)Nc3ccc(OC)cc3)N(NC(=O)c3cccc(F)c3)C2=S)cc1. The van der Waals surface area contributed by atoms with Gasteiger partial charge in [0.2, 0.25) is 11.0 Å². The molecule has 0 unspecified atom stereocenters. The number of halogens is 1. The van der Waals surface area contributed by atoms with Crippen LogP contribution < -0.4 is 20.4 Å². The highest BCUT2D eigenvalue weighted by molar-refractivity contribution is 7.80. The lowest BCUT2D eigenvalue weighted by Crippen LogP contribution is -2.49. The summed E-state index contributed by atoms with van der Waals surface area (Å²) < 4.78 is 23.8. The molecule has 1 aliphatic heterocycles. The first-order valence-corrected chi connectivity index (χ1v) is 12.6. The minimum absolute atomic E-state index is 0.00563. The fourth-order valence-electron chi connectivity index (χ4n) is 3.96. The number of carbonyl (C=O) groups excluding carboxylic acids is 4. The fourth-order valence-corrected chi connectivity index (χ4v) is 4.33. The van der Waals surface area contributed by atoms with Crippen molar-refractivity contribution in [3.8, 4) is 5.75 Å². The van der Waals surface area contributed by atoms with E-state index in [9.17, 15) is 23.6 Å². The summed E-state index contributed by atoms with van der Waals surface area (Å²) in [4.78, 5) is 52.7. The largest absolute Gasteiger partial charge is 0.497 e. The van der Waals surface area contributed by atoms with Gasteiger partial charge in [-0.3, -0.25) is 24.7 Å². The molecular formula is C28H25FN4O6S. The van der Waals surface area contributed by atoms with Crippen molar-refractivity contribution in [3.05, 3.63) is 89.7 Å². The van der Waals surface area contributed by atoms with Gasteiger partial charge in [0.1, 0.15) is 17.6 Å². The summed E-state index contributed by atoms with van der Waals surface area (Å²) in [5.41, 5.74) is 3.59. The van der Waals surface area contributed by atoms with Crippen molar-refractivity contribution in [2.24, 2.45) is 0 Å². The zero-order valence-corrected chi connectivity index (χ0v) is 22.4. The lowest BCUT2D eigenvalue weighted by atomic mass is 10.1. The molecule has 0 saturated carbocycles. The molecule has 3 aromatic carbocycles. The quantitative estimate of drug-likeness (QED) is 0.299. The number of esters is 1. The van der Waals surface area contributed by atoms with E-state index in [0.29, 0.717) is 17.1 Å². The van der Waals surface area contributed by atoms with Crippen molar-refractivity contribution in [1.29, 1.82) is 0 Å². The van der Waals surface area contributed by atoms with Crippen LogP contribution in [0.2, 0.25) is 0 Å². The zero-order valence-electron chi connectivity index (χ0n) is 21.5. The second kappa shape index (κ2) is 12.3. The van der Waals surface area contributed by atoms with Crippen LogP contribution >= 0.6 is 12.2 Å². The molecule has 2 N–H and O–H groups in total. The Morgan fingerprint density at radius 1 is 1.00 bits per heavy atom. The molecule has 3 aromatic rings. The van der Waals surface area contributed by atoms with E-state index in [1.165, 1.54) is 49.6 Å². The zero-order chi connectivity index (χ0) is 28.8. The fraction of sp³-hybridized carbons (Fsp3) is 0.179. The number of hydrogen-bond acceptors (Lipinski definition) is 7. The molecule has 0 bridgehead atoms. The lowest BCUT2D eigenvalue weighted by Gasteiger charge is -2.24. The molecule has 0 aromatic heterocycles. The van der Waals surface area contributed by atoms with E-state index in [-0.39, 0.29) is 29.3 Å². The van der Waals surface area contributed by atoms with Crippen LogP contribution in [-0.4, -0.2) is 53.6 Å². The van der Waals surface area contributed by atoms with Gasteiger partial charge in [-0.05, 0) is 85.9 Å². The van der Waals surface area contributed by atoms with Crippen LogP contribution in [-0.2, 0) is 14.3 Å². The number of anilines is 2. The van der Waals surface area contributed by atoms with Gasteiger partial charge < -0.3 is 14.8 Å². The summed E-state index contributed by atoms with van der Waals surface area (Å²) in [6.45, 7) is 1.89. The molecule has 4 rings (SSSR count). The van der Waals surface area contributed by atoms with Crippen molar-refractivity contribution < 1.29 is 33.0 Å². The van der Waals surface area contributed by atoms with E-state index in [0.717, 1.165) is 16.0 Å². The Labute approximate surface area is 234 Å². The van der Waals surface area contributed by atoms with Gasteiger partial charge >= 0.3 is 5.97 Å². The van der Waals surface area contributed by atoms with Crippen molar-refractivity contribution in [2.45, 2.75) is 19.4 Å². The van der Waals surface area contributed by atoms with Gasteiger partial charge in [0, 0.05) is 11.3 Å². The second-order valence-corrected chi connectivity index (χ2v) is 8.91. The van der Waals surface area contributed by atoms with Crippen LogP contribution in [0.1, 0.15) is 34.1 Å². The third kappa shape index (κ3) is 6.24. The highest BCUT2D eigenvalue weighted by Gasteiger charge is 2.45. The van der Waals surface area contributed by atoms with Crippen LogP contribution in [0.5, 0.6) is 5.75 Å². The maximum atomic E-state index is 13.7. The molecular weight excluding hydrogens is 539 g/mol. The number of nitrogens with zero attached hydrogens (tertiary/aromatic N) is 2. The number of rotatable bonds is 9. The predicted molar refractivity (Wildman–Crippen MR) is 148 cm³/mol. The second-order valence-electron chi connectivity index (χ2n) is 8.54. The monoisotopic (exact) mass is 564 g/mol. The Morgan fingerprint density at radius 2 is 1.70 bits per heavy atom. The Balaban J connectivity index is 1.59. The van der Waals surface area contributed by atoms with Crippen molar-refractivity contribution in [3.63, 3.8) is 0 Å². The van der Waals surface area contributed by atoms with Crippen molar-refractivity contribution in [2.75, 3.05) is 23.9 Å². The Bertz CT molecular complexity index is 1450. The standard InChI is InChI=1S/C28H25FN4O6S/c1-3-39-27(37)17-7-11-21(12-8-17)32-26(36)23(16-24(34)30-20-9-13-22(38-2)14-10-20)33(28(32)40)31-25(35)18-5-4-6-19(29)15-18/h4-15,23H,3,16H2,1-2H3,(H,30,34)(H,31,35)/t23-/m0/s1. The van der Waals surface area contributed by atoms with Gasteiger partial charge in [-0.15, -0.1) is 0 Å². The average molecular weight is 565 g/mol. The molecule has 206 valence electrons. The highest BCUT2D eigenvalue weighted by atomic mass is 32.1. The Hall–Kier alpha value is -4.84. The van der Waals surface area contributed by atoms with Crippen molar-refractivity contribution in [1.82, 2.24) is 10.4 Å². The maximum absolute atomic E-state index is 13.7. The summed E-state index contributed by atoms with van der Waals surface area (Å²) in [6, 6.07) is 16.3. The molecule has 1 saturated heterocycles. The number of hydrazine groups is 1. The van der Waals surface area contributed by atoms with Crippen LogP contribution in [0.4, 0.5) is 15.8 Å². The van der Waals surface area contributed by atoms with Gasteiger partial charge in [-0.25, -0.2) is 14.2 Å². The van der Waals surface area contributed by atoms with E-state index in [1.54, 1.807) is 31.2 Å². The van der Waals surface area contributed by atoms with E-state index in [2.05, 4.69) is 10.7 Å². The Kier molecular flexibility index (Phi) is 8.70. The molecule has 0 aliphatic carbocycles. The van der Waals surface area contributed by atoms with Crippen LogP contribution in [0.15, 0.2) is 72.8 Å². The number of nitrogens with one attached hydrogen (secondary N) is 2. The van der Waals surface area contributed by atoms with Gasteiger partial charge in [-0.2, -0.15) is 0 Å². The molecule has 1 aliphatic rings. The first-order chi connectivity index (χ1) is 19.2. The number of amides is 3. The van der Waals surface area contributed by atoms with Gasteiger partial charge in [-0.1, -0.05) is 6.07 Å². The molecule has 12 heteroatoms. The smallest absolute Gasteiger partial charge is 0.338 e. The van der Waals surface area contributed by atoms with E-state index in [4.69, 9.17) is 21.7 Å². The van der Waals surface area contributed by atoms with Crippen LogP contribution in [0.3, 0.4) is 0 Å².